The number of nitrogens with zero attached hydrogens (tertiary/aromatic N) is 1. The van der Waals surface area contributed by atoms with Crippen LogP contribution in [0.2, 0.25) is 5.02 Å². The summed E-state index contributed by atoms with van der Waals surface area (Å²) in [7, 11) is 0. The number of carbonyl (C=O) groups is 1. The molecule has 2 aromatic rings. The Bertz CT molecular complexity index is 736. The SMILES string of the molecule is CCOc1ccc(NC(=O)Nc2cccc(Cl)c2)c([N+](=O)[O-])c1. The Morgan fingerprint density at radius 1 is 1.26 bits per heavy atom. The fourth-order valence-electron chi connectivity index (χ4n) is 1.88. The van der Waals surface area contributed by atoms with Crippen LogP contribution < -0.4 is 15.4 Å². The number of amides is 2. The number of anilines is 2. The fourth-order valence-corrected chi connectivity index (χ4v) is 2.07. The van der Waals surface area contributed by atoms with Crippen LogP contribution in [0.1, 0.15) is 6.92 Å². The van der Waals surface area contributed by atoms with Crippen LogP contribution in [0, 0.1) is 10.1 Å². The van der Waals surface area contributed by atoms with Crippen molar-refractivity contribution in [2.75, 3.05) is 17.2 Å². The second-order valence-electron chi connectivity index (χ2n) is 4.46. The van der Waals surface area contributed by atoms with Gasteiger partial charge in [-0.2, -0.15) is 0 Å². The van der Waals surface area contributed by atoms with Crippen molar-refractivity contribution in [3.8, 4) is 5.75 Å². The number of urea groups is 1. The molecule has 0 spiro atoms. The zero-order chi connectivity index (χ0) is 16.8. The number of nitro groups is 1. The number of hydrogen-bond acceptors (Lipinski definition) is 4. The average Bonchev–Trinajstić information content (AvgIpc) is 2.48. The number of ether oxygens (including phenoxy) is 1. The molecule has 0 radical (unpaired) electrons. The van der Waals surface area contributed by atoms with Crippen LogP contribution in [0.3, 0.4) is 0 Å². The second-order valence-corrected chi connectivity index (χ2v) is 4.89. The molecule has 0 fully saturated rings. The van der Waals surface area contributed by atoms with Gasteiger partial charge < -0.3 is 15.4 Å². The molecule has 2 rings (SSSR count). The van der Waals surface area contributed by atoms with Gasteiger partial charge in [0, 0.05) is 10.7 Å². The van der Waals surface area contributed by atoms with Gasteiger partial charge in [0.1, 0.15) is 11.4 Å². The maximum absolute atomic E-state index is 12.0. The lowest BCUT2D eigenvalue weighted by Crippen LogP contribution is -2.20. The van der Waals surface area contributed by atoms with Crippen molar-refractivity contribution in [3.63, 3.8) is 0 Å². The summed E-state index contributed by atoms with van der Waals surface area (Å²) in [5.41, 5.74) is 0.291. The summed E-state index contributed by atoms with van der Waals surface area (Å²) in [6, 6.07) is 10.2. The predicted molar refractivity (Wildman–Crippen MR) is 88.4 cm³/mol. The van der Waals surface area contributed by atoms with E-state index in [0.717, 1.165) is 0 Å². The first-order valence-corrected chi connectivity index (χ1v) is 7.12. The van der Waals surface area contributed by atoms with E-state index >= 15 is 0 Å². The molecule has 120 valence electrons. The van der Waals surface area contributed by atoms with Gasteiger partial charge in [0.15, 0.2) is 0 Å². The number of nitrogens with one attached hydrogen (secondary N) is 2. The van der Waals surface area contributed by atoms with Crippen LogP contribution in [-0.2, 0) is 0 Å². The summed E-state index contributed by atoms with van der Waals surface area (Å²) in [4.78, 5) is 22.5. The van der Waals surface area contributed by atoms with E-state index in [1.165, 1.54) is 12.1 Å². The highest BCUT2D eigenvalue weighted by Gasteiger charge is 2.17. The Morgan fingerprint density at radius 2 is 2.04 bits per heavy atom. The van der Waals surface area contributed by atoms with E-state index in [1.54, 1.807) is 37.3 Å². The monoisotopic (exact) mass is 335 g/mol. The molecule has 0 atom stereocenters. The molecule has 2 amide bonds. The predicted octanol–water partition coefficient (Wildman–Crippen LogP) is 4.29. The molecule has 7 nitrogen and oxygen atoms in total. The van der Waals surface area contributed by atoms with Crippen molar-refractivity contribution < 1.29 is 14.5 Å². The molecule has 0 aliphatic heterocycles. The molecule has 8 heteroatoms. The number of halogens is 1. The third-order valence-electron chi connectivity index (χ3n) is 2.81. The molecule has 0 aromatic heterocycles. The summed E-state index contributed by atoms with van der Waals surface area (Å²) >= 11 is 5.83. The third kappa shape index (κ3) is 4.58. The molecule has 0 unspecified atom stereocenters. The van der Waals surface area contributed by atoms with E-state index in [2.05, 4.69) is 10.6 Å². The maximum atomic E-state index is 12.0. The van der Waals surface area contributed by atoms with Crippen LogP contribution in [0.4, 0.5) is 21.9 Å². The highest BCUT2D eigenvalue weighted by molar-refractivity contribution is 6.30. The zero-order valence-electron chi connectivity index (χ0n) is 12.2. The van der Waals surface area contributed by atoms with Crippen molar-refractivity contribution in [1.82, 2.24) is 0 Å². The van der Waals surface area contributed by atoms with Gasteiger partial charge in [-0.05, 0) is 37.3 Å². The second kappa shape index (κ2) is 7.46. The summed E-state index contributed by atoms with van der Waals surface area (Å²) in [6.45, 7) is 2.16. The highest BCUT2D eigenvalue weighted by atomic mass is 35.5. The minimum atomic E-state index is -0.612. The van der Waals surface area contributed by atoms with E-state index in [9.17, 15) is 14.9 Å². The molecular weight excluding hydrogens is 322 g/mol. The maximum Gasteiger partial charge on any atom is 0.323 e. The largest absolute Gasteiger partial charge is 0.494 e. The summed E-state index contributed by atoms with van der Waals surface area (Å²) in [6.07, 6.45) is 0. The molecule has 2 aromatic carbocycles. The fraction of sp³-hybridized carbons (Fsp3) is 0.133. The van der Waals surface area contributed by atoms with Gasteiger partial charge in [-0.25, -0.2) is 4.79 Å². The average molecular weight is 336 g/mol. The number of nitro benzene ring substituents is 1. The van der Waals surface area contributed by atoms with Crippen molar-refractivity contribution in [1.29, 1.82) is 0 Å². The Hall–Kier alpha value is -2.80. The third-order valence-corrected chi connectivity index (χ3v) is 3.04. The van der Waals surface area contributed by atoms with E-state index in [4.69, 9.17) is 16.3 Å². The molecule has 0 saturated heterocycles. The van der Waals surface area contributed by atoms with Crippen LogP contribution >= 0.6 is 11.6 Å². The highest BCUT2D eigenvalue weighted by Crippen LogP contribution is 2.29. The van der Waals surface area contributed by atoms with Crippen LogP contribution in [0.5, 0.6) is 5.75 Å². The number of benzene rings is 2. The molecule has 23 heavy (non-hydrogen) atoms. The van der Waals surface area contributed by atoms with Gasteiger partial charge in [-0.3, -0.25) is 10.1 Å². The normalized spacial score (nSPS) is 10.0. The van der Waals surface area contributed by atoms with Gasteiger partial charge >= 0.3 is 6.03 Å². The minimum absolute atomic E-state index is 0.0676. The van der Waals surface area contributed by atoms with Crippen molar-refractivity contribution in [2.45, 2.75) is 6.92 Å². The molecule has 2 N–H and O–H groups in total. The van der Waals surface area contributed by atoms with Crippen molar-refractivity contribution >= 4 is 34.7 Å². The minimum Gasteiger partial charge on any atom is -0.494 e. The Morgan fingerprint density at radius 3 is 2.70 bits per heavy atom. The van der Waals surface area contributed by atoms with Gasteiger partial charge in [-0.1, -0.05) is 17.7 Å². The van der Waals surface area contributed by atoms with Gasteiger partial charge in [-0.15, -0.1) is 0 Å². The first kappa shape index (κ1) is 16.6. The lowest BCUT2D eigenvalue weighted by Gasteiger charge is -2.09. The quantitative estimate of drug-likeness (QED) is 0.629. The van der Waals surface area contributed by atoms with Crippen LogP contribution in [0.15, 0.2) is 42.5 Å². The molecular formula is C15H14ClN3O4. The van der Waals surface area contributed by atoms with Crippen LogP contribution in [0.25, 0.3) is 0 Å². The van der Waals surface area contributed by atoms with Crippen molar-refractivity contribution in [2.24, 2.45) is 0 Å². The summed E-state index contributed by atoms with van der Waals surface area (Å²) < 4.78 is 5.22. The smallest absolute Gasteiger partial charge is 0.323 e. The van der Waals surface area contributed by atoms with Gasteiger partial charge in [0.25, 0.3) is 5.69 Å². The Kier molecular flexibility index (Phi) is 5.37. The standard InChI is InChI=1S/C15H14ClN3O4/c1-2-23-12-6-7-13(14(9-12)19(21)22)18-15(20)17-11-5-3-4-10(16)8-11/h3-9H,2H2,1H3,(H2,17,18,20). The molecule has 0 aliphatic rings. The lowest BCUT2D eigenvalue weighted by atomic mass is 10.2. The van der Waals surface area contributed by atoms with E-state index in [0.29, 0.717) is 23.1 Å². The number of carbonyl (C=O) groups excluding carboxylic acids is 1. The summed E-state index contributed by atoms with van der Waals surface area (Å²) in [5, 5.41) is 16.6. The van der Waals surface area contributed by atoms with Crippen molar-refractivity contribution in [3.05, 3.63) is 57.6 Å². The molecule has 0 aliphatic carbocycles. The Balaban J connectivity index is 2.15. The van der Waals surface area contributed by atoms with E-state index in [-0.39, 0.29) is 11.4 Å². The number of rotatable bonds is 5. The lowest BCUT2D eigenvalue weighted by molar-refractivity contribution is -0.384. The topological polar surface area (TPSA) is 93.5 Å². The Labute approximate surface area is 137 Å². The van der Waals surface area contributed by atoms with E-state index in [1.807, 2.05) is 0 Å². The van der Waals surface area contributed by atoms with E-state index < -0.39 is 11.0 Å². The summed E-state index contributed by atoms with van der Waals surface area (Å²) in [5.74, 6) is 0.361. The zero-order valence-corrected chi connectivity index (χ0v) is 13.0. The number of hydrogen-bond donors (Lipinski definition) is 2. The van der Waals surface area contributed by atoms with Gasteiger partial charge in [0.2, 0.25) is 0 Å². The molecule has 0 heterocycles. The molecule has 0 saturated carbocycles. The van der Waals surface area contributed by atoms with Gasteiger partial charge in [0.05, 0.1) is 17.6 Å². The van der Waals surface area contributed by atoms with Crippen LogP contribution in [-0.4, -0.2) is 17.6 Å². The molecule has 0 bridgehead atoms. The first-order valence-electron chi connectivity index (χ1n) is 6.74. The first-order chi connectivity index (χ1) is 11.0.